The second kappa shape index (κ2) is 9.59. The molecule has 1 amide bonds. The van der Waals surface area contributed by atoms with Gasteiger partial charge in [0.2, 0.25) is 5.96 Å². The fourth-order valence-electron chi connectivity index (χ4n) is 3.24. The Morgan fingerprint density at radius 2 is 1.90 bits per heavy atom. The number of benzene rings is 2. The van der Waals surface area contributed by atoms with Gasteiger partial charge in [-0.25, -0.2) is 0 Å². The van der Waals surface area contributed by atoms with Crippen LogP contribution in [0.25, 0.3) is 0 Å². The van der Waals surface area contributed by atoms with Crippen LogP contribution in [0.2, 0.25) is 5.02 Å². The van der Waals surface area contributed by atoms with Crippen molar-refractivity contribution in [2.45, 2.75) is 27.2 Å². The largest absolute Gasteiger partial charge is 0.326 e. The number of aryl methyl sites for hydroxylation is 3. The molecule has 0 saturated carbocycles. The number of carbonyl (C=O) groups excluding carboxylic acids is 1. The number of guanidine groups is 1. The standard InChI is InChI=1S/C23H26ClN5O/c1-15-7-5-8-18(13-15)22(30)27-23(26-20-10-6-9-19(24)14-20)25-12-11-21-16(2)28-29(4)17(21)3/h5-10,13-14H,11-12H2,1-4H3,(H2,25,26,27,30). The highest BCUT2D eigenvalue weighted by Crippen LogP contribution is 2.15. The van der Waals surface area contributed by atoms with Gasteiger partial charge in [0.05, 0.1) is 5.69 Å². The first-order valence-corrected chi connectivity index (χ1v) is 10.2. The lowest BCUT2D eigenvalue weighted by molar-refractivity contribution is 0.0977. The number of anilines is 1. The lowest BCUT2D eigenvalue weighted by Crippen LogP contribution is -2.36. The van der Waals surface area contributed by atoms with Crippen LogP contribution >= 0.6 is 11.6 Å². The molecule has 0 aliphatic carbocycles. The van der Waals surface area contributed by atoms with Crippen LogP contribution in [-0.2, 0) is 13.5 Å². The van der Waals surface area contributed by atoms with Gasteiger partial charge in [-0.15, -0.1) is 0 Å². The minimum atomic E-state index is -0.222. The maximum atomic E-state index is 12.7. The third kappa shape index (κ3) is 5.48. The molecule has 2 aromatic carbocycles. The first kappa shape index (κ1) is 21.6. The summed E-state index contributed by atoms with van der Waals surface area (Å²) in [5, 5.41) is 11.1. The topological polar surface area (TPSA) is 71.3 Å². The summed E-state index contributed by atoms with van der Waals surface area (Å²) < 4.78 is 1.87. The van der Waals surface area contributed by atoms with Crippen LogP contribution in [0.1, 0.15) is 32.9 Å². The molecule has 3 aromatic rings. The predicted molar refractivity (Wildman–Crippen MR) is 122 cm³/mol. The van der Waals surface area contributed by atoms with Crippen molar-refractivity contribution in [1.29, 1.82) is 0 Å². The fraction of sp³-hybridized carbons (Fsp3) is 0.261. The molecular weight excluding hydrogens is 398 g/mol. The molecule has 1 aromatic heterocycles. The van der Waals surface area contributed by atoms with Crippen molar-refractivity contribution in [2.24, 2.45) is 12.0 Å². The SMILES string of the molecule is Cc1cccc(C(=O)NC(=NCCc2c(C)nn(C)c2C)Nc2cccc(Cl)c2)c1. The van der Waals surface area contributed by atoms with Gasteiger partial charge in [0.15, 0.2) is 0 Å². The van der Waals surface area contributed by atoms with E-state index in [1.165, 1.54) is 5.56 Å². The Labute approximate surface area is 182 Å². The molecule has 0 saturated heterocycles. The second-order valence-corrected chi connectivity index (χ2v) is 7.65. The molecule has 7 heteroatoms. The van der Waals surface area contributed by atoms with Gasteiger partial charge in [0.1, 0.15) is 0 Å². The molecular formula is C23H26ClN5O. The Kier molecular flexibility index (Phi) is 6.90. The molecule has 0 spiro atoms. The Bertz CT molecular complexity index is 1090. The monoisotopic (exact) mass is 423 g/mol. The highest BCUT2D eigenvalue weighted by atomic mass is 35.5. The quantitative estimate of drug-likeness (QED) is 0.470. The lowest BCUT2D eigenvalue weighted by atomic mass is 10.1. The molecule has 0 bridgehead atoms. The van der Waals surface area contributed by atoms with Crippen LogP contribution < -0.4 is 10.6 Å². The highest BCUT2D eigenvalue weighted by Gasteiger charge is 2.12. The van der Waals surface area contributed by atoms with Crippen LogP contribution in [0.5, 0.6) is 0 Å². The normalized spacial score (nSPS) is 11.4. The molecule has 0 atom stereocenters. The van der Waals surface area contributed by atoms with Gasteiger partial charge >= 0.3 is 0 Å². The Morgan fingerprint density at radius 1 is 1.13 bits per heavy atom. The number of halogens is 1. The Morgan fingerprint density at radius 3 is 2.57 bits per heavy atom. The van der Waals surface area contributed by atoms with Crippen LogP contribution in [0, 0.1) is 20.8 Å². The molecule has 0 unspecified atom stereocenters. The zero-order valence-corrected chi connectivity index (χ0v) is 18.4. The minimum Gasteiger partial charge on any atom is -0.326 e. The average molecular weight is 424 g/mol. The van der Waals surface area contributed by atoms with E-state index in [0.29, 0.717) is 23.1 Å². The van der Waals surface area contributed by atoms with E-state index in [-0.39, 0.29) is 5.91 Å². The third-order valence-electron chi connectivity index (χ3n) is 4.89. The van der Waals surface area contributed by atoms with E-state index < -0.39 is 0 Å². The van der Waals surface area contributed by atoms with Crippen LogP contribution in [0.4, 0.5) is 5.69 Å². The third-order valence-corrected chi connectivity index (χ3v) is 5.13. The summed E-state index contributed by atoms with van der Waals surface area (Å²) in [5.41, 5.74) is 5.64. The number of aromatic nitrogens is 2. The Balaban J connectivity index is 1.79. The summed E-state index contributed by atoms with van der Waals surface area (Å²) in [7, 11) is 1.93. The molecule has 0 aliphatic heterocycles. The minimum absolute atomic E-state index is 0.222. The molecule has 3 rings (SSSR count). The number of carbonyl (C=O) groups is 1. The molecule has 0 radical (unpaired) electrons. The van der Waals surface area contributed by atoms with Crippen LogP contribution in [0.15, 0.2) is 53.5 Å². The van der Waals surface area contributed by atoms with E-state index in [1.807, 2.05) is 62.8 Å². The fourth-order valence-corrected chi connectivity index (χ4v) is 3.43. The van der Waals surface area contributed by atoms with E-state index in [9.17, 15) is 4.79 Å². The van der Waals surface area contributed by atoms with E-state index >= 15 is 0 Å². The van der Waals surface area contributed by atoms with E-state index in [2.05, 4.69) is 20.7 Å². The van der Waals surface area contributed by atoms with Gasteiger partial charge in [-0.05, 0) is 63.1 Å². The zero-order valence-electron chi connectivity index (χ0n) is 17.7. The summed E-state index contributed by atoms with van der Waals surface area (Å²) >= 11 is 6.09. The maximum absolute atomic E-state index is 12.7. The van der Waals surface area contributed by atoms with Crippen LogP contribution in [0.3, 0.4) is 0 Å². The number of nitrogens with one attached hydrogen (secondary N) is 2. The summed E-state index contributed by atoms with van der Waals surface area (Å²) in [6, 6.07) is 14.7. The van der Waals surface area contributed by atoms with Crippen LogP contribution in [-0.4, -0.2) is 28.2 Å². The predicted octanol–water partition coefficient (Wildman–Crippen LogP) is 4.44. The first-order valence-electron chi connectivity index (χ1n) is 9.77. The average Bonchev–Trinajstić information content (AvgIpc) is 2.94. The van der Waals surface area contributed by atoms with Gasteiger partial charge in [-0.3, -0.25) is 19.8 Å². The summed E-state index contributed by atoms with van der Waals surface area (Å²) in [6.07, 6.45) is 0.729. The molecule has 30 heavy (non-hydrogen) atoms. The van der Waals surface area contributed by atoms with Crippen molar-refractivity contribution >= 4 is 29.2 Å². The van der Waals surface area contributed by atoms with Crippen molar-refractivity contribution in [1.82, 2.24) is 15.1 Å². The molecule has 1 heterocycles. The van der Waals surface area contributed by atoms with Crippen molar-refractivity contribution in [2.75, 3.05) is 11.9 Å². The van der Waals surface area contributed by atoms with E-state index in [1.54, 1.807) is 18.2 Å². The molecule has 6 nitrogen and oxygen atoms in total. The van der Waals surface area contributed by atoms with Crippen molar-refractivity contribution in [3.05, 3.63) is 81.6 Å². The van der Waals surface area contributed by atoms with Gasteiger partial charge in [0.25, 0.3) is 5.91 Å². The number of hydrogen-bond acceptors (Lipinski definition) is 3. The molecule has 0 aliphatic rings. The number of amides is 1. The van der Waals surface area contributed by atoms with Gasteiger partial charge < -0.3 is 5.32 Å². The number of hydrogen-bond donors (Lipinski definition) is 2. The first-order chi connectivity index (χ1) is 14.3. The maximum Gasteiger partial charge on any atom is 0.257 e. The van der Waals surface area contributed by atoms with Gasteiger partial charge in [-0.2, -0.15) is 5.10 Å². The Hall–Kier alpha value is -3.12. The molecule has 2 N–H and O–H groups in total. The number of aliphatic imine (C=N–C) groups is 1. The lowest BCUT2D eigenvalue weighted by Gasteiger charge is -2.12. The summed E-state index contributed by atoms with van der Waals surface area (Å²) in [5.74, 6) is 0.156. The van der Waals surface area contributed by atoms with Crippen molar-refractivity contribution in [3.63, 3.8) is 0 Å². The van der Waals surface area contributed by atoms with E-state index in [4.69, 9.17) is 11.6 Å². The van der Waals surface area contributed by atoms with Gasteiger partial charge in [-0.1, -0.05) is 35.4 Å². The summed E-state index contributed by atoms with van der Waals surface area (Å²) in [6.45, 7) is 6.50. The molecule has 0 fully saturated rings. The zero-order chi connectivity index (χ0) is 21.7. The van der Waals surface area contributed by atoms with Crippen molar-refractivity contribution < 1.29 is 4.79 Å². The summed E-state index contributed by atoms with van der Waals surface area (Å²) in [4.78, 5) is 17.4. The van der Waals surface area contributed by atoms with Crippen molar-refractivity contribution in [3.8, 4) is 0 Å². The number of rotatable bonds is 5. The molecule has 156 valence electrons. The second-order valence-electron chi connectivity index (χ2n) is 7.21. The van der Waals surface area contributed by atoms with Gasteiger partial charge in [0, 0.05) is 35.6 Å². The highest BCUT2D eigenvalue weighted by molar-refractivity contribution is 6.31. The smallest absolute Gasteiger partial charge is 0.257 e. The number of nitrogens with zero attached hydrogens (tertiary/aromatic N) is 3. The van der Waals surface area contributed by atoms with E-state index in [0.717, 1.165) is 29.1 Å².